The lowest BCUT2D eigenvalue weighted by atomic mass is 9.46. The molecule has 0 saturated heterocycles. The minimum absolute atomic E-state index is 0.0318. The molecule has 0 bridgehead atoms. The lowest BCUT2D eigenvalue weighted by Gasteiger charge is -2.57. The van der Waals surface area contributed by atoms with E-state index in [1.807, 2.05) is 0 Å². The molecule has 3 nitrogen and oxygen atoms in total. The van der Waals surface area contributed by atoms with Crippen LogP contribution in [0.25, 0.3) is 0 Å². The molecule has 5 rings (SSSR count). The van der Waals surface area contributed by atoms with E-state index in [0.717, 1.165) is 44.3 Å². The van der Waals surface area contributed by atoms with Gasteiger partial charge in [-0.25, -0.2) is 0 Å². The van der Waals surface area contributed by atoms with E-state index in [9.17, 15) is 9.90 Å². The number of aliphatic hydroxyl groups is 1. The number of carbonyl (C=O) groups excluding carboxylic acids is 1. The summed E-state index contributed by atoms with van der Waals surface area (Å²) in [4.78, 5) is 13.0. The molecule has 25 heavy (non-hydrogen) atoms. The first kappa shape index (κ1) is 15.9. The molecule has 4 aliphatic carbocycles. The van der Waals surface area contributed by atoms with Crippen LogP contribution in [0.5, 0.6) is 5.75 Å². The summed E-state index contributed by atoms with van der Waals surface area (Å²) in [6, 6.07) is 6.56. The SMILES string of the molecule is COc1ccc2c(c1)CC[C@@H]1[C@@H]2CC[C@]2(C)C(=O)C[C@H]3C[C@H](O)C[C@@]312. The lowest BCUT2D eigenvalue weighted by molar-refractivity contribution is -0.138. The van der Waals surface area contributed by atoms with Crippen LogP contribution >= 0.6 is 0 Å². The first-order valence-electron chi connectivity index (χ1n) is 9.88. The third-order valence-corrected chi connectivity index (χ3v) is 8.51. The van der Waals surface area contributed by atoms with Crippen LogP contribution in [-0.2, 0) is 11.2 Å². The molecule has 3 fully saturated rings. The first-order valence-corrected chi connectivity index (χ1v) is 9.88. The van der Waals surface area contributed by atoms with Crippen LogP contribution in [0.3, 0.4) is 0 Å². The largest absolute Gasteiger partial charge is 0.497 e. The highest BCUT2D eigenvalue weighted by Gasteiger charge is 2.70. The Bertz CT molecular complexity index is 741. The van der Waals surface area contributed by atoms with Crippen molar-refractivity contribution in [1.82, 2.24) is 0 Å². The van der Waals surface area contributed by atoms with Crippen molar-refractivity contribution in [2.45, 2.75) is 63.9 Å². The number of ketones is 1. The Hall–Kier alpha value is -1.35. The maximum absolute atomic E-state index is 13.0. The lowest BCUT2D eigenvalue weighted by Crippen LogP contribution is -2.52. The zero-order chi connectivity index (χ0) is 17.4. The van der Waals surface area contributed by atoms with Gasteiger partial charge in [-0.05, 0) is 85.0 Å². The molecule has 1 spiro atoms. The Balaban J connectivity index is 1.61. The number of aryl methyl sites for hydroxylation is 1. The predicted molar refractivity (Wildman–Crippen MR) is 95.7 cm³/mol. The summed E-state index contributed by atoms with van der Waals surface area (Å²) in [6.07, 6.45) is 6.48. The molecule has 3 saturated carbocycles. The molecular weight excluding hydrogens is 312 g/mol. The number of benzene rings is 1. The van der Waals surface area contributed by atoms with E-state index in [1.54, 1.807) is 7.11 Å². The number of aliphatic hydroxyl groups excluding tert-OH is 1. The van der Waals surface area contributed by atoms with Gasteiger partial charge in [0.1, 0.15) is 11.5 Å². The van der Waals surface area contributed by atoms with Crippen molar-refractivity contribution < 1.29 is 14.6 Å². The summed E-state index contributed by atoms with van der Waals surface area (Å²) < 4.78 is 5.42. The number of Topliss-reactive ketones (excluding diaryl/α,β-unsaturated/α-hetero) is 1. The van der Waals surface area contributed by atoms with Crippen molar-refractivity contribution in [2.24, 2.45) is 22.7 Å². The zero-order valence-corrected chi connectivity index (χ0v) is 15.3. The van der Waals surface area contributed by atoms with Gasteiger partial charge in [-0.3, -0.25) is 4.79 Å². The summed E-state index contributed by atoms with van der Waals surface area (Å²) in [7, 11) is 1.73. The van der Waals surface area contributed by atoms with E-state index >= 15 is 0 Å². The molecule has 134 valence electrons. The Morgan fingerprint density at radius 3 is 2.92 bits per heavy atom. The highest BCUT2D eigenvalue weighted by molar-refractivity contribution is 5.89. The van der Waals surface area contributed by atoms with E-state index in [1.165, 1.54) is 11.1 Å². The average Bonchev–Trinajstić information content (AvgIpc) is 3.03. The second-order valence-corrected chi connectivity index (χ2v) is 9.15. The van der Waals surface area contributed by atoms with E-state index in [0.29, 0.717) is 30.0 Å². The van der Waals surface area contributed by atoms with Crippen LogP contribution in [0.1, 0.15) is 62.5 Å². The molecule has 4 aliphatic rings. The predicted octanol–water partition coefficient (Wildman–Crippen LogP) is 3.87. The fourth-order valence-electron chi connectivity index (χ4n) is 7.50. The highest BCUT2D eigenvalue weighted by atomic mass is 16.5. The summed E-state index contributed by atoms with van der Waals surface area (Å²) in [6.45, 7) is 2.23. The van der Waals surface area contributed by atoms with E-state index in [2.05, 4.69) is 25.1 Å². The van der Waals surface area contributed by atoms with E-state index < -0.39 is 0 Å². The topological polar surface area (TPSA) is 46.5 Å². The quantitative estimate of drug-likeness (QED) is 0.844. The van der Waals surface area contributed by atoms with Crippen molar-refractivity contribution in [1.29, 1.82) is 0 Å². The maximum Gasteiger partial charge on any atom is 0.139 e. The number of hydrogen-bond donors (Lipinski definition) is 1. The Labute approximate surface area is 149 Å². The summed E-state index contributed by atoms with van der Waals surface area (Å²) in [5, 5.41) is 10.5. The van der Waals surface area contributed by atoms with Crippen molar-refractivity contribution in [3.63, 3.8) is 0 Å². The molecule has 0 heterocycles. The van der Waals surface area contributed by atoms with Gasteiger partial charge >= 0.3 is 0 Å². The summed E-state index contributed by atoms with van der Waals surface area (Å²) in [5.74, 6) is 2.90. The normalized spacial score (nSPS) is 44.7. The molecule has 3 heteroatoms. The zero-order valence-electron chi connectivity index (χ0n) is 15.3. The second kappa shape index (κ2) is 5.09. The monoisotopic (exact) mass is 340 g/mol. The number of rotatable bonds is 1. The minimum Gasteiger partial charge on any atom is -0.497 e. The van der Waals surface area contributed by atoms with E-state index in [4.69, 9.17) is 4.74 Å². The van der Waals surface area contributed by atoms with Crippen LogP contribution in [0.15, 0.2) is 18.2 Å². The Morgan fingerprint density at radius 1 is 1.28 bits per heavy atom. The molecule has 0 unspecified atom stereocenters. The van der Waals surface area contributed by atoms with Gasteiger partial charge < -0.3 is 9.84 Å². The van der Waals surface area contributed by atoms with Gasteiger partial charge in [0.05, 0.1) is 13.2 Å². The van der Waals surface area contributed by atoms with Gasteiger partial charge in [-0.2, -0.15) is 0 Å². The smallest absolute Gasteiger partial charge is 0.139 e. The second-order valence-electron chi connectivity index (χ2n) is 9.15. The van der Waals surface area contributed by atoms with Crippen LogP contribution in [0.4, 0.5) is 0 Å². The van der Waals surface area contributed by atoms with Crippen LogP contribution in [0, 0.1) is 22.7 Å². The first-order chi connectivity index (χ1) is 12.0. The van der Waals surface area contributed by atoms with Gasteiger partial charge in [-0.1, -0.05) is 13.0 Å². The van der Waals surface area contributed by atoms with Gasteiger partial charge in [0.2, 0.25) is 0 Å². The van der Waals surface area contributed by atoms with Crippen molar-refractivity contribution in [2.75, 3.05) is 7.11 Å². The van der Waals surface area contributed by atoms with Crippen LogP contribution in [0.2, 0.25) is 0 Å². The molecular formula is C22H28O3. The highest BCUT2D eigenvalue weighted by Crippen LogP contribution is 2.73. The van der Waals surface area contributed by atoms with Crippen molar-refractivity contribution in [3.8, 4) is 5.75 Å². The maximum atomic E-state index is 13.0. The molecule has 1 N–H and O–H groups in total. The number of hydrogen-bond acceptors (Lipinski definition) is 3. The van der Waals surface area contributed by atoms with Gasteiger partial charge in [-0.15, -0.1) is 0 Å². The van der Waals surface area contributed by atoms with Crippen LogP contribution in [-0.4, -0.2) is 24.1 Å². The van der Waals surface area contributed by atoms with Crippen molar-refractivity contribution >= 4 is 5.78 Å². The molecule has 6 atom stereocenters. The van der Waals surface area contributed by atoms with Gasteiger partial charge in [0.25, 0.3) is 0 Å². The molecule has 1 aromatic carbocycles. The van der Waals surface area contributed by atoms with E-state index in [-0.39, 0.29) is 16.9 Å². The van der Waals surface area contributed by atoms with Gasteiger partial charge in [0, 0.05) is 11.8 Å². The van der Waals surface area contributed by atoms with Crippen molar-refractivity contribution in [3.05, 3.63) is 29.3 Å². The third kappa shape index (κ3) is 1.83. The fraction of sp³-hybridized carbons (Fsp3) is 0.682. The number of methoxy groups -OCH3 is 1. The molecule has 1 aromatic rings. The Kier molecular flexibility index (Phi) is 3.23. The average molecular weight is 340 g/mol. The third-order valence-electron chi connectivity index (χ3n) is 8.51. The van der Waals surface area contributed by atoms with Gasteiger partial charge in [0.15, 0.2) is 0 Å². The molecule has 0 amide bonds. The summed E-state index contributed by atoms with van der Waals surface area (Å²) in [5.41, 5.74) is 2.73. The number of ether oxygens (including phenoxy) is 1. The van der Waals surface area contributed by atoms with Crippen LogP contribution < -0.4 is 4.74 Å². The molecule has 0 aliphatic heterocycles. The minimum atomic E-state index is -0.214. The number of fused-ring (bicyclic) bond motifs is 3. The standard InChI is InChI=1S/C22H28O3/c1-21-8-7-18-17-5-4-16(25-2)9-13(17)3-6-19(18)22(21)12-15(23)10-14(22)11-20(21)24/h4-5,9,14-15,18-19,23H,3,6-8,10-12H2,1-2H3/t14-,15+,18-,19-,21-,22-/m1/s1. The Morgan fingerprint density at radius 2 is 2.12 bits per heavy atom. The summed E-state index contributed by atoms with van der Waals surface area (Å²) >= 11 is 0. The number of carbonyl (C=O) groups is 1. The molecule has 0 aromatic heterocycles. The fourth-order valence-corrected chi connectivity index (χ4v) is 7.50. The molecule has 0 radical (unpaired) electrons.